The van der Waals surface area contributed by atoms with Gasteiger partial charge in [-0.05, 0) is 48.0 Å². The lowest BCUT2D eigenvalue weighted by Crippen LogP contribution is -2.42. The number of amides is 1. The molecule has 0 radical (unpaired) electrons. The van der Waals surface area contributed by atoms with Gasteiger partial charge in [0.2, 0.25) is 5.91 Å². The van der Waals surface area contributed by atoms with Crippen LogP contribution >= 0.6 is 0 Å². The Morgan fingerprint density at radius 2 is 1.95 bits per heavy atom. The van der Waals surface area contributed by atoms with Crippen molar-refractivity contribution >= 4 is 11.9 Å². The van der Waals surface area contributed by atoms with E-state index < -0.39 is 17.6 Å². The second-order valence-corrected chi connectivity index (χ2v) is 6.13. The van der Waals surface area contributed by atoms with Crippen molar-refractivity contribution in [2.24, 2.45) is 0 Å². The van der Waals surface area contributed by atoms with Crippen molar-refractivity contribution in [3.8, 4) is 0 Å². The summed E-state index contributed by atoms with van der Waals surface area (Å²) in [6, 6.07) is -0.665. The Morgan fingerprint density at radius 1 is 1.33 bits per heavy atom. The fraction of sp³-hybridized carbons (Fsp3) is 0.667. The van der Waals surface area contributed by atoms with Crippen LogP contribution in [-0.4, -0.2) is 28.7 Å². The molecule has 6 heteroatoms. The van der Waals surface area contributed by atoms with Crippen LogP contribution in [0.4, 0.5) is 0 Å². The Bertz CT molecular complexity index is 495. The molecule has 1 amide bonds. The fourth-order valence-electron chi connectivity index (χ4n) is 1.86. The largest absolute Gasteiger partial charge is 0.458 e. The van der Waals surface area contributed by atoms with E-state index in [0.717, 1.165) is 17.0 Å². The monoisotopic (exact) mass is 296 g/mol. The first kappa shape index (κ1) is 17.2. The minimum atomic E-state index is -0.665. The second kappa shape index (κ2) is 6.74. The molecule has 1 aromatic heterocycles. The third-order valence-electron chi connectivity index (χ3n) is 2.92. The highest BCUT2D eigenvalue weighted by Crippen LogP contribution is 2.14. The maximum Gasteiger partial charge on any atom is 0.328 e. The van der Waals surface area contributed by atoms with Crippen molar-refractivity contribution in [3.63, 3.8) is 0 Å². The number of rotatable bonds is 5. The summed E-state index contributed by atoms with van der Waals surface area (Å²) in [6.07, 6.45) is 0.810. The zero-order chi connectivity index (χ0) is 16.2. The van der Waals surface area contributed by atoms with Crippen LogP contribution in [0.3, 0.4) is 0 Å². The van der Waals surface area contributed by atoms with Gasteiger partial charge in [0, 0.05) is 12.0 Å². The topological polar surface area (TPSA) is 81.4 Å². The van der Waals surface area contributed by atoms with Gasteiger partial charge in [-0.1, -0.05) is 5.16 Å². The van der Waals surface area contributed by atoms with Crippen LogP contribution in [0.15, 0.2) is 4.52 Å². The summed E-state index contributed by atoms with van der Waals surface area (Å²) < 4.78 is 10.3. The average Bonchev–Trinajstić information content (AvgIpc) is 2.64. The number of hydrogen-bond acceptors (Lipinski definition) is 5. The third kappa shape index (κ3) is 5.57. The van der Waals surface area contributed by atoms with E-state index >= 15 is 0 Å². The summed E-state index contributed by atoms with van der Waals surface area (Å²) in [4.78, 5) is 23.6. The lowest BCUT2D eigenvalue weighted by molar-refractivity contribution is -0.158. The van der Waals surface area contributed by atoms with Crippen LogP contribution < -0.4 is 5.32 Å². The van der Waals surface area contributed by atoms with Gasteiger partial charge in [-0.2, -0.15) is 0 Å². The van der Waals surface area contributed by atoms with Crippen molar-refractivity contribution in [1.29, 1.82) is 0 Å². The quantitative estimate of drug-likeness (QED) is 0.841. The number of nitrogens with one attached hydrogen (secondary N) is 1. The number of aryl methyl sites for hydroxylation is 2. The lowest BCUT2D eigenvalue weighted by Gasteiger charge is -2.22. The predicted molar refractivity (Wildman–Crippen MR) is 77.7 cm³/mol. The highest BCUT2D eigenvalue weighted by atomic mass is 16.6. The van der Waals surface area contributed by atoms with Gasteiger partial charge in [-0.15, -0.1) is 0 Å². The number of hydrogen-bond donors (Lipinski definition) is 1. The minimum absolute atomic E-state index is 0.201. The van der Waals surface area contributed by atoms with Crippen LogP contribution in [0.25, 0.3) is 0 Å². The molecule has 1 heterocycles. The molecule has 0 fully saturated rings. The lowest BCUT2D eigenvalue weighted by atomic mass is 10.1. The molecular formula is C15H24N2O4. The molecule has 0 aromatic carbocycles. The Labute approximate surface area is 125 Å². The molecule has 0 aliphatic carbocycles. The zero-order valence-corrected chi connectivity index (χ0v) is 13.6. The van der Waals surface area contributed by atoms with Gasteiger partial charge in [0.1, 0.15) is 17.4 Å². The van der Waals surface area contributed by atoms with Crippen molar-refractivity contribution in [2.45, 2.75) is 66.0 Å². The van der Waals surface area contributed by atoms with E-state index in [-0.39, 0.29) is 12.3 Å². The van der Waals surface area contributed by atoms with Gasteiger partial charge in [-0.25, -0.2) is 4.79 Å². The molecule has 1 aromatic rings. The molecular weight excluding hydrogens is 272 g/mol. The van der Waals surface area contributed by atoms with E-state index in [0.29, 0.717) is 6.42 Å². The summed E-state index contributed by atoms with van der Waals surface area (Å²) in [5, 5.41) is 6.48. The van der Waals surface area contributed by atoms with Crippen LogP contribution in [0.1, 0.15) is 51.1 Å². The first-order valence-electron chi connectivity index (χ1n) is 7.04. The van der Waals surface area contributed by atoms with E-state index in [1.165, 1.54) is 0 Å². The number of esters is 1. The van der Waals surface area contributed by atoms with Gasteiger partial charge in [0.05, 0.1) is 5.69 Å². The molecule has 21 heavy (non-hydrogen) atoms. The number of ether oxygens (including phenoxy) is 1. The van der Waals surface area contributed by atoms with Crippen molar-refractivity contribution < 1.29 is 18.8 Å². The predicted octanol–water partition coefficient (Wildman–Crippen LogP) is 2.07. The molecule has 0 saturated carbocycles. The van der Waals surface area contributed by atoms with Crippen LogP contribution in [-0.2, 0) is 20.7 Å². The third-order valence-corrected chi connectivity index (χ3v) is 2.92. The van der Waals surface area contributed by atoms with Gasteiger partial charge >= 0.3 is 5.97 Å². The Hall–Kier alpha value is -1.85. The Balaban J connectivity index is 2.45. The smallest absolute Gasteiger partial charge is 0.328 e. The van der Waals surface area contributed by atoms with E-state index in [2.05, 4.69) is 10.5 Å². The SMILES string of the molecule is Cc1noc(C)c1CCC(=O)N[C@@H](C)C(=O)OC(C)(C)C. The van der Waals surface area contributed by atoms with Gasteiger partial charge in [0.15, 0.2) is 0 Å². The second-order valence-electron chi connectivity index (χ2n) is 6.13. The van der Waals surface area contributed by atoms with Crippen LogP contribution in [0.2, 0.25) is 0 Å². The molecule has 0 spiro atoms. The molecule has 118 valence electrons. The normalized spacial score (nSPS) is 12.9. The molecule has 1 rings (SSSR count). The van der Waals surface area contributed by atoms with E-state index in [1.54, 1.807) is 27.7 Å². The highest BCUT2D eigenvalue weighted by Gasteiger charge is 2.23. The zero-order valence-electron chi connectivity index (χ0n) is 13.6. The Morgan fingerprint density at radius 3 is 2.43 bits per heavy atom. The molecule has 6 nitrogen and oxygen atoms in total. The highest BCUT2D eigenvalue weighted by molar-refractivity contribution is 5.84. The Kier molecular flexibility index (Phi) is 5.52. The number of carbonyl (C=O) groups excluding carboxylic acids is 2. The van der Waals surface area contributed by atoms with Gasteiger partial charge < -0.3 is 14.6 Å². The van der Waals surface area contributed by atoms with Crippen molar-refractivity contribution in [2.75, 3.05) is 0 Å². The van der Waals surface area contributed by atoms with Crippen LogP contribution in [0, 0.1) is 13.8 Å². The molecule has 1 atom stereocenters. The first-order chi connectivity index (χ1) is 9.60. The van der Waals surface area contributed by atoms with E-state index in [1.807, 2.05) is 13.8 Å². The molecule has 0 saturated heterocycles. The average molecular weight is 296 g/mol. The van der Waals surface area contributed by atoms with E-state index in [9.17, 15) is 9.59 Å². The first-order valence-corrected chi connectivity index (χ1v) is 7.04. The minimum Gasteiger partial charge on any atom is -0.458 e. The standard InChI is InChI=1S/C15H24N2O4/c1-9-12(11(3)21-17-9)7-8-13(18)16-10(2)14(19)20-15(4,5)6/h10H,7-8H2,1-6H3,(H,16,18)/t10-/m0/s1. The number of carbonyl (C=O) groups is 2. The van der Waals surface area contributed by atoms with Crippen LogP contribution in [0.5, 0.6) is 0 Å². The maximum atomic E-state index is 11.9. The maximum absolute atomic E-state index is 11.9. The summed E-state index contributed by atoms with van der Waals surface area (Å²) >= 11 is 0. The summed E-state index contributed by atoms with van der Waals surface area (Å²) in [5.41, 5.74) is 1.17. The van der Waals surface area contributed by atoms with E-state index in [4.69, 9.17) is 9.26 Å². The van der Waals surface area contributed by atoms with Crippen molar-refractivity contribution in [1.82, 2.24) is 10.5 Å². The molecule has 0 aliphatic rings. The fourth-order valence-corrected chi connectivity index (χ4v) is 1.86. The summed E-state index contributed by atoms with van der Waals surface area (Å²) in [6.45, 7) is 10.6. The molecule has 0 aliphatic heterocycles. The summed E-state index contributed by atoms with van der Waals surface area (Å²) in [7, 11) is 0. The number of aromatic nitrogens is 1. The molecule has 1 N–H and O–H groups in total. The number of nitrogens with zero attached hydrogens (tertiary/aromatic N) is 1. The van der Waals surface area contributed by atoms with Gasteiger partial charge in [0.25, 0.3) is 0 Å². The summed E-state index contributed by atoms with van der Waals surface area (Å²) in [5.74, 6) is 0.0852. The van der Waals surface area contributed by atoms with Gasteiger partial charge in [-0.3, -0.25) is 4.79 Å². The van der Waals surface area contributed by atoms with Crippen molar-refractivity contribution in [3.05, 3.63) is 17.0 Å². The molecule has 0 unspecified atom stereocenters. The molecule has 0 bridgehead atoms.